The van der Waals surface area contributed by atoms with Gasteiger partial charge in [0.25, 0.3) is 0 Å². The third-order valence-electron chi connectivity index (χ3n) is 3.15. The summed E-state index contributed by atoms with van der Waals surface area (Å²) in [7, 11) is 0. The number of nitrogens with zero attached hydrogens (tertiary/aromatic N) is 3. The van der Waals surface area contributed by atoms with Crippen molar-refractivity contribution in [2.75, 3.05) is 31.5 Å². The molecule has 0 aliphatic carbocycles. The Morgan fingerprint density at radius 3 is 2.76 bits per heavy atom. The van der Waals surface area contributed by atoms with Gasteiger partial charge >= 0.3 is 6.01 Å². The minimum Gasteiger partial charge on any atom is -0.337 e. The van der Waals surface area contributed by atoms with E-state index in [1.165, 1.54) is 32.4 Å². The fraction of sp³-hybridized carbons (Fsp3) is 0.833. The Kier molecular flexibility index (Phi) is 4.36. The van der Waals surface area contributed by atoms with Crippen molar-refractivity contribution in [2.24, 2.45) is 5.92 Å². The SMILES string of the molecule is Cc1noc(NCC(C)CN2CCCCC2)n1. The maximum Gasteiger partial charge on any atom is 0.321 e. The molecule has 1 aromatic heterocycles. The quantitative estimate of drug-likeness (QED) is 0.849. The van der Waals surface area contributed by atoms with Crippen molar-refractivity contribution in [3.05, 3.63) is 5.82 Å². The van der Waals surface area contributed by atoms with Gasteiger partial charge in [0.05, 0.1) is 0 Å². The zero-order valence-electron chi connectivity index (χ0n) is 10.8. The van der Waals surface area contributed by atoms with E-state index in [0.29, 0.717) is 17.8 Å². The molecular weight excluding hydrogens is 216 g/mol. The number of piperidine rings is 1. The standard InChI is InChI=1S/C12H22N4O/c1-10(9-16-6-4-3-5-7-16)8-13-12-14-11(2)15-17-12/h10H,3-9H2,1-2H3,(H,13,14,15). The molecule has 1 saturated heterocycles. The molecule has 0 aromatic carbocycles. The molecule has 0 spiro atoms. The number of aromatic nitrogens is 2. The van der Waals surface area contributed by atoms with Crippen molar-refractivity contribution in [1.29, 1.82) is 0 Å². The van der Waals surface area contributed by atoms with E-state index < -0.39 is 0 Å². The predicted molar refractivity (Wildman–Crippen MR) is 67.0 cm³/mol. The maximum absolute atomic E-state index is 5.02. The summed E-state index contributed by atoms with van der Waals surface area (Å²) >= 11 is 0. The van der Waals surface area contributed by atoms with Gasteiger partial charge in [0.15, 0.2) is 5.82 Å². The van der Waals surface area contributed by atoms with Crippen LogP contribution in [0.5, 0.6) is 0 Å². The second-order valence-electron chi connectivity index (χ2n) is 4.99. The highest BCUT2D eigenvalue weighted by molar-refractivity contribution is 5.17. The van der Waals surface area contributed by atoms with Gasteiger partial charge in [0.1, 0.15) is 0 Å². The summed E-state index contributed by atoms with van der Waals surface area (Å²) in [6.45, 7) is 8.63. The predicted octanol–water partition coefficient (Wildman–Crippen LogP) is 1.91. The Morgan fingerprint density at radius 1 is 1.35 bits per heavy atom. The van der Waals surface area contributed by atoms with Gasteiger partial charge in [-0.05, 0) is 38.8 Å². The number of hydrogen-bond acceptors (Lipinski definition) is 5. The van der Waals surface area contributed by atoms with Crippen molar-refractivity contribution in [3.8, 4) is 0 Å². The molecule has 0 amide bonds. The molecule has 5 nitrogen and oxygen atoms in total. The maximum atomic E-state index is 5.02. The van der Waals surface area contributed by atoms with Gasteiger partial charge in [0.2, 0.25) is 0 Å². The van der Waals surface area contributed by atoms with Crippen molar-refractivity contribution < 1.29 is 4.52 Å². The van der Waals surface area contributed by atoms with Gasteiger partial charge in [-0.1, -0.05) is 18.5 Å². The number of hydrogen-bond donors (Lipinski definition) is 1. The highest BCUT2D eigenvalue weighted by Gasteiger charge is 2.13. The second-order valence-corrected chi connectivity index (χ2v) is 4.99. The largest absolute Gasteiger partial charge is 0.337 e. The smallest absolute Gasteiger partial charge is 0.321 e. The van der Waals surface area contributed by atoms with Gasteiger partial charge in [0, 0.05) is 13.1 Å². The molecule has 0 radical (unpaired) electrons. The van der Waals surface area contributed by atoms with E-state index in [0.717, 1.165) is 13.1 Å². The molecule has 1 aliphatic heterocycles. The monoisotopic (exact) mass is 238 g/mol. The van der Waals surface area contributed by atoms with Crippen LogP contribution in [0.25, 0.3) is 0 Å². The third kappa shape index (κ3) is 4.00. The van der Waals surface area contributed by atoms with Gasteiger partial charge < -0.3 is 14.7 Å². The first kappa shape index (κ1) is 12.4. The first-order valence-electron chi connectivity index (χ1n) is 6.50. The van der Waals surface area contributed by atoms with Gasteiger partial charge in [-0.25, -0.2) is 0 Å². The molecule has 2 rings (SSSR count). The molecular formula is C12H22N4O. The molecule has 5 heteroatoms. The summed E-state index contributed by atoms with van der Waals surface area (Å²) in [4.78, 5) is 6.68. The van der Waals surface area contributed by atoms with Crippen LogP contribution in [0.2, 0.25) is 0 Å². The first-order chi connectivity index (χ1) is 8.24. The lowest BCUT2D eigenvalue weighted by Crippen LogP contribution is -2.35. The van der Waals surface area contributed by atoms with Crippen LogP contribution in [0.3, 0.4) is 0 Å². The summed E-state index contributed by atoms with van der Waals surface area (Å²) in [5, 5.41) is 6.94. The van der Waals surface area contributed by atoms with E-state index in [4.69, 9.17) is 4.52 Å². The highest BCUT2D eigenvalue weighted by Crippen LogP contribution is 2.11. The fourth-order valence-corrected chi connectivity index (χ4v) is 2.28. The number of rotatable bonds is 5. The summed E-state index contributed by atoms with van der Waals surface area (Å²) in [5.74, 6) is 1.27. The molecule has 1 aromatic rings. The topological polar surface area (TPSA) is 54.2 Å². The van der Waals surface area contributed by atoms with E-state index in [1.807, 2.05) is 6.92 Å². The highest BCUT2D eigenvalue weighted by atomic mass is 16.5. The van der Waals surface area contributed by atoms with E-state index in [2.05, 4.69) is 27.3 Å². The van der Waals surface area contributed by atoms with Crippen LogP contribution < -0.4 is 5.32 Å². The van der Waals surface area contributed by atoms with Crippen molar-refractivity contribution in [2.45, 2.75) is 33.1 Å². The number of likely N-dealkylation sites (tertiary alicyclic amines) is 1. The molecule has 1 unspecified atom stereocenters. The molecule has 1 atom stereocenters. The first-order valence-corrected chi connectivity index (χ1v) is 6.50. The van der Waals surface area contributed by atoms with Crippen LogP contribution in [0.15, 0.2) is 4.52 Å². The molecule has 96 valence electrons. The Labute approximate surface area is 103 Å². The second kappa shape index (κ2) is 6.00. The third-order valence-corrected chi connectivity index (χ3v) is 3.15. The minimum atomic E-state index is 0.535. The molecule has 17 heavy (non-hydrogen) atoms. The van der Waals surface area contributed by atoms with Crippen LogP contribution in [0.1, 0.15) is 32.0 Å². The van der Waals surface area contributed by atoms with Crippen LogP contribution in [0.4, 0.5) is 6.01 Å². The molecule has 0 saturated carbocycles. The molecule has 2 heterocycles. The van der Waals surface area contributed by atoms with Crippen LogP contribution in [0, 0.1) is 12.8 Å². The van der Waals surface area contributed by atoms with Crippen molar-refractivity contribution in [1.82, 2.24) is 15.0 Å². The van der Waals surface area contributed by atoms with Gasteiger partial charge in [-0.15, -0.1) is 0 Å². The lowest BCUT2D eigenvalue weighted by atomic mass is 10.1. The Bertz CT molecular complexity index is 333. The molecule has 0 bridgehead atoms. The summed E-state index contributed by atoms with van der Waals surface area (Å²) in [6, 6.07) is 0.535. The fourth-order valence-electron chi connectivity index (χ4n) is 2.28. The lowest BCUT2D eigenvalue weighted by molar-refractivity contribution is 0.204. The Balaban J connectivity index is 1.68. The Hall–Kier alpha value is -1.10. The van der Waals surface area contributed by atoms with E-state index in [-0.39, 0.29) is 0 Å². The number of anilines is 1. The van der Waals surface area contributed by atoms with Crippen molar-refractivity contribution in [3.63, 3.8) is 0 Å². The Morgan fingerprint density at radius 2 is 2.12 bits per heavy atom. The van der Waals surface area contributed by atoms with Gasteiger partial charge in [-0.3, -0.25) is 0 Å². The van der Waals surface area contributed by atoms with Crippen LogP contribution in [-0.4, -0.2) is 41.2 Å². The summed E-state index contributed by atoms with van der Waals surface area (Å²) < 4.78 is 5.02. The molecule has 1 aliphatic rings. The zero-order chi connectivity index (χ0) is 12.1. The zero-order valence-corrected chi connectivity index (χ0v) is 10.8. The van der Waals surface area contributed by atoms with Crippen molar-refractivity contribution >= 4 is 6.01 Å². The van der Waals surface area contributed by atoms with Crippen LogP contribution >= 0.6 is 0 Å². The summed E-state index contributed by atoms with van der Waals surface area (Å²) in [5.41, 5.74) is 0. The van der Waals surface area contributed by atoms with E-state index in [1.54, 1.807) is 0 Å². The number of nitrogens with one attached hydrogen (secondary N) is 1. The van der Waals surface area contributed by atoms with E-state index >= 15 is 0 Å². The van der Waals surface area contributed by atoms with Crippen LogP contribution in [-0.2, 0) is 0 Å². The lowest BCUT2D eigenvalue weighted by Gasteiger charge is -2.28. The average Bonchev–Trinajstić information content (AvgIpc) is 2.74. The average molecular weight is 238 g/mol. The van der Waals surface area contributed by atoms with E-state index in [9.17, 15) is 0 Å². The number of aryl methyl sites for hydroxylation is 1. The molecule has 1 fully saturated rings. The molecule has 1 N–H and O–H groups in total. The summed E-state index contributed by atoms with van der Waals surface area (Å²) in [6.07, 6.45) is 4.09. The van der Waals surface area contributed by atoms with Gasteiger partial charge in [-0.2, -0.15) is 4.98 Å². The normalized spacial score (nSPS) is 19.2. The minimum absolute atomic E-state index is 0.535.